The number of hydrogen-bond acceptors (Lipinski definition) is 5. The van der Waals surface area contributed by atoms with Crippen molar-refractivity contribution in [1.82, 2.24) is 9.21 Å². The Hall–Kier alpha value is -1.93. The van der Waals surface area contributed by atoms with Crippen LogP contribution in [0.25, 0.3) is 0 Å². The molecule has 1 atom stereocenters. The van der Waals surface area contributed by atoms with Crippen LogP contribution in [0, 0.1) is 0 Å². The van der Waals surface area contributed by atoms with Crippen molar-refractivity contribution >= 4 is 10.0 Å². The zero-order valence-electron chi connectivity index (χ0n) is 17.5. The number of sulfonamides is 1. The van der Waals surface area contributed by atoms with Gasteiger partial charge in [-0.15, -0.1) is 0 Å². The van der Waals surface area contributed by atoms with E-state index >= 15 is 0 Å². The van der Waals surface area contributed by atoms with Gasteiger partial charge in [-0.05, 0) is 61.7 Å². The van der Waals surface area contributed by atoms with Crippen molar-refractivity contribution in [3.63, 3.8) is 0 Å². The first-order valence-corrected chi connectivity index (χ1v) is 12.2. The lowest BCUT2D eigenvalue weighted by Gasteiger charge is -2.27. The molecule has 7 heteroatoms. The number of hydrogen-bond donors (Lipinski definition) is 0. The van der Waals surface area contributed by atoms with Gasteiger partial charge in [0.15, 0.2) is 0 Å². The molecule has 4 rings (SSSR count). The van der Waals surface area contributed by atoms with E-state index in [1.807, 2.05) is 37.3 Å². The fourth-order valence-electron chi connectivity index (χ4n) is 4.32. The maximum atomic E-state index is 13.0. The predicted octanol–water partition coefficient (Wildman–Crippen LogP) is 3.44. The van der Waals surface area contributed by atoms with Crippen LogP contribution in [0.2, 0.25) is 0 Å². The first-order chi connectivity index (χ1) is 14.6. The monoisotopic (exact) mass is 430 g/mol. The average molecular weight is 431 g/mol. The van der Waals surface area contributed by atoms with E-state index in [-0.39, 0.29) is 0 Å². The van der Waals surface area contributed by atoms with Gasteiger partial charge in [0.1, 0.15) is 5.75 Å². The number of rotatable bonds is 7. The molecule has 30 heavy (non-hydrogen) atoms. The molecule has 0 N–H and O–H groups in total. The Labute approximate surface area is 179 Å². The van der Waals surface area contributed by atoms with Gasteiger partial charge >= 0.3 is 0 Å². The SMILES string of the molecule is CCOc1ccc([C@@H]2CCCN2Cc2cccc(S(=O)(=O)N3CCOCC3)c2)cc1. The molecule has 2 aromatic carbocycles. The summed E-state index contributed by atoms with van der Waals surface area (Å²) in [5.41, 5.74) is 2.32. The van der Waals surface area contributed by atoms with Crippen LogP contribution in [0.4, 0.5) is 0 Å². The molecule has 2 heterocycles. The molecule has 0 unspecified atom stereocenters. The van der Waals surface area contributed by atoms with Crippen LogP contribution in [-0.2, 0) is 21.3 Å². The lowest BCUT2D eigenvalue weighted by Crippen LogP contribution is -2.40. The van der Waals surface area contributed by atoms with Gasteiger partial charge in [0.2, 0.25) is 10.0 Å². The summed E-state index contributed by atoms with van der Waals surface area (Å²) in [5.74, 6) is 0.895. The molecule has 0 amide bonds. The Morgan fingerprint density at radius 2 is 1.83 bits per heavy atom. The van der Waals surface area contributed by atoms with E-state index in [9.17, 15) is 8.42 Å². The molecule has 0 aromatic heterocycles. The smallest absolute Gasteiger partial charge is 0.243 e. The summed E-state index contributed by atoms with van der Waals surface area (Å²) in [7, 11) is -3.47. The Morgan fingerprint density at radius 3 is 2.57 bits per heavy atom. The molecule has 0 aliphatic carbocycles. The van der Waals surface area contributed by atoms with Crippen molar-refractivity contribution in [2.75, 3.05) is 39.5 Å². The summed E-state index contributed by atoms with van der Waals surface area (Å²) in [6, 6.07) is 16.1. The summed E-state index contributed by atoms with van der Waals surface area (Å²) in [6.45, 7) is 6.14. The van der Waals surface area contributed by atoms with Crippen molar-refractivity contribution in [3.8, 4) is 5.75 Å². The molecule has 162 valence electrons. The van der Waals surface area contributed by atoms with E-state index in [0.717, 1.165) is 37.2 Å². The van der Waals surface area contributed by atoms with Crippen LogP contribution >= 0.6 is 0 Å². The topological polar surface area (TPSA) is 59.1 Å². The normalized spacial score (nSPS) is 21.0. The quantitative estimate of drug-likeness (QED) is 0.673. The predicted molar refractivity (Wildman–Crippen MR) is 116 cm³/mol. The zero-order chi connectivity index (χ0) is 21.0. The zero-order valence-corrected chi connectivity index (χ0v) is 18.3. The Bertz CT molecular complexity index is 940. The fraction of sp³-hybridized carbons (Fsp3) is 0.478. The summed E-state index contributed by atoms with van der Waals surface area (Å²) < 4.78 is 38.4. The molecule has 0 radical (unpaired) electrons. The highest BCUT2D eigenvalue weighted by Crippen LogP contribution is 2.34. The third-order valence-corrected chi connectivity index (χ3v) is 7.73. The first kappa shape index (κ1) is 21.3. The van der Waals surface area contributed by atoms with E-state index in [2.05, 4.69) is 17.0 Å². The minimum atomic E-state index is -3.47. The van der Waals surface area contributed by atoms with Crippen LogP contribution in [0.5, 0.6) is 5.75 Å². The maximum absolute atomic E-state index is 13.0. The van der Waals surface area contributed by atoms with E-state index in [1.54, 1.807) is 6.07 Å². The van der Waals surface area contributed by atoms with Crippen molar-refractivity contribution in [1.29, 1.82) is 0 Å². The Kier molecular flexibility index (Phi) is 6.73. The largest absolute Gasteiger partial charge is 0.494 e. The molecule has 2 aliphatic heterocycles. The van der Waals surface area contributed by atoms with Crippen molar-refractivity contribution < 1.29 is 17.9 Å². The fourth-order valence-corrected chi connectivity index (χ4v) is 5.80. The number of likely N-dealkylation sites (tertiary alicyclic amines) is 1. The van der Waals surface area contributed by atoms with E-state index < -0.39 is 10.0 Å². The highest BCUT2D eigenvalue weighted by atomic mass is 32.2. The van der Waals surface area contributed by atoms with Crippen LogP contribution in [0.3, 0.4) is 0 Å². The van der Waals surface area contributed by atoms with Crippen LogP contribution < -0.4 is 4.74 Å². The summed E-state index contributed by atoms with van der Waals surface area (Å²) in [6.07, 6.45) is 2.25. The van der Waals surface area contributed by atoms with Crippen LogP contribution in [0.15, 0.2) is 53.4 Å². The van der Waals surface area contributed by atoms with Crippen molar-refractivity contribution in [2.45, 2.75) is 37.2 Å². The Morgan fingerprint density at radius 1 is 1.07 bits per heavy atom. The summed E-state index contributed by atoms with van der Waals surface area (Å²) in [5, 5.41) is 0. The second-order valence-corrected chi connectivity index (χ2v) is 9.73. The lowest BCUT2D eigenvalue weighted by atomic mass is 10.0. The molecule has 6 nitrogen and oxygen atoms in total. The van der Waals surface area contributed by atoms with Gasteiger partial charge in [-0.2, -0.15) is 4.31 Å². The number of nitrogens with zero attached hydrogens (tertiary/aromatic N) is 2. The Balaban J connectivity index is 1.49. The third kappa shape index (κ3) is 4.70. The third-order valence-electron chi connectivity index (χ3n) is 5.83. The van der Waals surface area contributed by atoms with E-state index in [1.165, 1.54) is 9.87 Å². The average Bonchev–Trinajstić information content (AvgIpc) is 3.23. The number of ether oxygens (including phenoxy) is 2. The molecule has 2 aromatic rings. The van der Waals surface area contributed by atoms with Gasteiger partial charge < -0.3 is 9.47 Å². The van der Waals surface area contributed by atoms with Gasteiger partial charge in [0, 0.05) is 25.7 Å². The van der Waals surface area contributed by atoms with Crippen LogP contribution in [0.1, 0.15) is 36.9 Å². The lowest BCUT2D eigenvalue weighted by molar-refractivity contribution is 0.0730. The van der Waals surface area contributed by atoms with Gasteiger partial charge in [-0.3, -0.25) is 4.90 Å². The molecule has 2 saturated heterocycles. The highest BCUT2D eigenvalue weighted by Gasteiger charge is 2.28. The van der Waals surface area contributed by atoms with Crippen molar-refractivity contribution in [3.05, 3.63) is 59.7 Å². The van der Waals surface area contributed by atoms with Crippen LogP contribution in [-0.4, -0.2) is 57.1 Å². The molecular weight excluding hydrogens is 400 g/mol. The minimum absolute atomic E-state index is 0.347. The first-order valence-electron chi connectivity index (χ1n) is 10.7. The highest BCUT2D eigenvalue weighted by molar-refractivity contribution is 7.89. The number of benzene rings is 2. The molecule has 0 saturated carbocycles. The molecule has 2 fully saturated rings. The second-order valence-electron chi connectivity index (χ2n) is 7.79. The minimum Gasteiger partial charge on any atom is -0.494 e. The second kappa shape index (κ2) is 9.47. The summed E-state index contributed by atoms with van der Waals surface area (Å²) in [4.78, 5) is 2.81. The van der Waals surface area contributed by atoms with Gasteiger partial charge in [0.05, 0.1) is 24.7 Å². The molecular formula is C23H30N2O4S. The van der Waals surface area contributed by atoms with E-state index in [4.69, 9.17) is 9.47 Å². The summed E-state index contributed by atoms with van der Waals surface area (Å²) >= 11 is 0. The molecule has 0 spiro atoms. The molecule has 2 aliphatic rings. The molecule has 0 bridgehead atoms. The van der Waals surface area contributed by atoms with Gasteiger partial charge in [-0.1, -0.05) is 24.3 Å². The number of morpholine rings is 1. The standard InChI is InChI=1S/C23H30N2O4S/c1-2-29-21-10-8-20(9-11-21)23-7-4-12-24(23)18-19-5-3-6-22(17-19)30(26,27)25-13-15-28-16-14-25/h3,5-6,8-11,17,23H,2,4,7,12-16,18H2,1H3/t23-/m0/s1. The van der Waals surface area contributed by atoms with Gasteiger partial charge in [-0.25, -0.2) is 8.42 Å². The van der Waals surface area contributed by atoms with E-state index in [0.29, 0.717) is 43.8 Å². The maximum Gasteiger partial charge on any atom is 0.243 e. The van der Waals surface area contributed by atoms with Crippen molar-refractivity contribution in [2.24, 2.45) is 0 Å². The van der Waals surface area contributed by atoms with Gasteiger partial charge in [0.25, 0.3) is 0 Å².